The molecule has 1 atom stereocenters. The number of fused-ring (bicyclic) bond motifs is 1. The Bertz CT molecular complexity index is 1230. The fourth-order valence-electron chi connectivity index (χ4n) is 3.39. The van der Waals surface area contributed by atoms with E-state index in [4.69, 9.17) is 14.2 Å². The summed E-state index contributed by atoms with van der Waals surface area (Å²) in [5.41, 5.74) is 1.90. The lowest BCUT2D eigenvalue weighted by Gasteiger charge is -2.25. The third-order valence-electron chi connectivity index (χ3n) is 4.88. The van der Waals surface area contributed by atoms with Crippen molar-refractivity contribution in [1.82, 2.24) is 4.98 Å². The number of thioether (sulfide) groups is 1. The summed E-state index contributed by atoms with van der Waals surface area (Å²) in [5.74, 6) is -1.32. The molecule has 0 radical (unpaired) electrons. The number of carbonyl (C=O) groups is 2. The Morgan fingerprint density at radius 1 is 0.969 bits per heavy atom. The molecule has 164 valence electrons. The van der Waals surface area contributed by atoms with Gasteiger partial charge in [-0.25, -0.2) is 9.59 Å². The standard InChI is InChI=1S/C23H19NO6S2/c1-28-21(25)17-16(18-20(24-23(27)32-18)31-19(17)22(26)29-2)14-8-10-15(11-9-14)30-12-13-6-4-3-5-7-13/h3-11,16H,12H2,1-2H3,(H,24,27)/t16-/m1/s1. The number of carbonyl (C=O) groups excluding carboxylic acids is 2. The van der Waals surface area contributed by atoms with Crippen LogP contribution in [0.5, 0.6) is 5.75 Å². The van der Waals surface area contributed by atoms with Crippen LogP contribution < -0.4 is 9.61 Å². The molecular weight excluding hydrogens is 450 g/mol. The monoisotopic (exact) mass is 469 g/mol. The lowest BCUT2D eigenvalue weighted by Crippen LogP contribution is -2.22. The van der Waals surface area contributed by atoms with Gasteiger partial charge in [-0.05, 0) is 23.3 Å². The summed E-state index contributed by atoms with van der Waals surface area (Å²) in [5, 5.41) is 0.516. The Hall–Kier alpha value is -3.30. The number of aromatic nitrogens is 1. The number of esters is 2. The normalized spacial score (nSPS) is 15.1. The largest absolute Gasteiger partial charge is 0.489 e. The van der Waals surface area contributed by atoms with Gasteiger partial charge in [-0.3, -0.25) is 4.79 Å². The molecule has 32 heavy (non-hydrogen) atoms. The maximum absolute atomic E-state index is 12.7. The van der Waals surface area contributed by atoms with Gasteiger partial charge >= 0.3 is 16.8 Å². The Balaban J connectivity index is 1.71. The van der Waals surface area contributed by atoms with Gasteiger partial charge in [-0.15, -0.1) is 0 Å². The second-order valence-corrected chi connectivity index (χ2v) is 8.85. The number of H-pyrrole nitrogens is 1. The Kier molecular flexibility index (Phi) is 6.48. The quantitative estimate of drug-likeness (QED) is 0.548. The van der Waals surface area contributed by atoms with Crippen molar-refractivity contribution >= 4 is 35.0 Å². The number of rotatable bonds is 6. The van der Waals surface area contributed by atoms with Crippen LogP contribution in [0, 0.1) is 0 Å². The van der Waals surface area contributed by atoms with E-state index in [2.05, 4.69) is 4.98 Å². The fourth-order valence-corrected chi connectivity index (χ4v) is 5.62. The van der Waals surface area contributed by atoms with Gasteiger partial charge in [0.2, 0.25) is 0 Å². The van der Waals surface area contributed by atoms with E-state index < -0.39 is 17.9 Å². The molecule has 0 fully saturated rings. The first-order valence-electron chi connectivity index (χ1n) is 9.60. The molecule has 1 aromatic heterocycles. The summed E-state index contributed by atoms with van der Waals surface area (Å²) in [4.78, 5) is 40.4. The number of thiazole rings is 1. The number of hydrogen-bond acceptors (Lipinski definition) is 8. The number of ether oxygens (including phenoxy) is 3. The molecule has 2 aromatic carbocycles. The van der Waals surface area contributed by atoms with Crippen molar-refractivity contribution in [2.45, 2.75) is 17.6 Å². The molecule has 3 aromatic rings. The predicted octanol–water partition coefficient (Wildman–Crippen LogP) is 3.85. The van der Waals surface area contributed by atoms with Crippen molar-refractivity contribution in [3.05, 3.63) is 90.7 Å². The average Bonchev–Trinajstić information content (AvgIpc) is 3.21. The van der Waals surface area contributed by atoms with Crippen molar-refractivity contribution in [2.24, 2.45) is 0 Å². The molecule has 9 heteroatoms. The summed E-state index contributed by atoms with van der Waals surface area (Å²) in [6.45, 7) is 0.420. The molecule has 0 amide bonds. The lowest BCUT2D eigenvalue weighted by atomic mass is 9.89. The van der Waals surface area contributed by atoms with Crippen molar-refractivity contribution in [3.8, 4) is 5.75 Å². The highest BCUT2D eigenvalue weighted by Crippen LogP contribution is 2.48. The van der Waals surface area contributed by atoms with Gasteiger partial charge < -0.3 is 19.2 Å². The van der Waals surface area contributed by atoms with Crippen molar-refractivity contribution < 1.29 is 23.8 Å². The third-order valence-corrected chi connectivity index (χ3v) is 7.07. The Labute approximate surface area is 192 Å². The average molecular weight is 470 g/mol. The first-order chi connectivity index (χ1) is 15.5. The number of aromatic amines is 1. The van der Waals surface area contributed by atoms with E-state index in [0.717, 1.165) is 34.2 Å². The molecule has 1 N–H and O–H groups in total. The summed E-state index contributed by atoms with van der Waals surface area (Å²) in [6, 6.07) is 17.0. The van der Waals surface area contributed by atoms with Crippen LogP contribution in [0.2, 0.25) is 0 Å². The zero-order valence-corrected chi connectivity index (χ0v) is 18.9. The SMILES string of the molecule is COC(=O)C1=C(C(=O)OC)[C@@H](c2ccc(OCc3ccccc3)cc2)c2sc(=O)[nH]c2S1. The summed E-state index contributed by atoms with van der Waals surface area (Å²) in [6.07, 6.45) is 0. The number of methoxy groups -OCH3 is 2. The van der Waals surface area contributed by atoms with Gasteiger partial charge in [0.25, 0.3) is 0 Å². The van der Waals surface area contributed by atoms with Crippen LogP contribution in [-0.4, -0.2) is 31.1 Å². The summed E-state index contributed by atoms with van der Waals surface area (Å²) in [7, 11) is 2.49. The van der Waals surface area contributed by atoms with E-state index in [1.807, 2.05) is 42.5 Å². The maximum Gasteiger partial charge on any atom is 0.345 e. The van der Waals surface area contributed by atoms with Crippen LogP contribution in [0.1, 0.15) is 21.9 Å². The minimum absolute atomic E-state index is 0.0929. The molecule has 7 nitrogen and oxygen atoms in total. The smallest absolute Gasteiger partial charge is 0.345 e. The van der Waals surface area contributed by atoms with Gasteiger partial charge in [-0.2, -0.15) is 0 Å². The number of hydrogen-bond donors (Lipinski definition) is 1. The van der Waals surface area contributed by atoms with Crippen molar-refractivity contribution in [2.75, 3.05) is 14.2 Å². The topological polar surface area (TPSA) is 94.7 Å². The fraction of sp³-hybridized carbons (Fsp3) is 0.174. The highest BCUT2D eigenvalue weighted by atomic mass is 32.2. The van der Waals surface area contributed by atoms with E-state index in [-0.39, 0.29) is 15.4 Å². The molecule has 0 spiro atoms. The number of benzene rings is 2. The predicted molar refractivity (Wildman–Crippen MR) is 121 cm³/mol. The van der Waals surface area contributed by atoms with Crippen LogP contribution >= 0.6 is 23.1 Å². The first-order valence-corrected chi connectivity index (χ1v) is 11.2. The maximum atomic E-state index is 12.7. The third kappa shape index (κ3) is 4.35. The van der Waals surface area contributed by atoms with Gasteiger partial charge in [0.05, 0.1) is 35.6 Å². The molecule has 0 saturated carbocycles. The molecular formula is C23H19NO6S2. The zero-order valence-electron chi connectivity index (χ0n) is 17.2. The van der Waals surface area contributed by atoms with Gasteiger partial charge in [-0.1, -0.05) is 65.6 Å². The molecule has 0 aliphatic carbocycles. The summed E-state index contributed by atoms with van der Waals surface area (Å²) < 4.78 is 15.7. The van der Waals surface area contributed by atoms with Gasteiger partial charge in [0.1, 0.15) is 17.3 Å². The number of nitrogens with one attached hydrogen (secondary N) is 1. The van der Waals surface area contributed by atoms with E-state index in [1.54, 1.807) is 12.1 Å². The summed E-state index contributed by atoms with van der Waals surface area (Å²) >= 11 is 2.00. The van der Waals surface area contributed by atoms with Crippen LogP contribution in [0.3, 0.4) is 0 Å². The van der Waals surface area contributed by atoms with Crippen LogP contribution in [0.15, 0.2) is 74.9 Å². The second-order valence-electron chi connectivity index (χ2n) is 6.81. The minimum atomic E-state index is -0.666. The first kappa shape index (κ1) is 21.9. The van der Waals surface area contributed by atoms with E-state index in [9.17, 15) is 14.4 Å². The van der Waals surface area contributed by atoms with Gasteiger partial charge in [0, 0.05) is 0 Å². The van der Waals surface area contributed by atoms with Crippen molar-refractivity contribution in [3.63, 3.8) is 0 Å². The van der Waals surface area contributed by atoms with Crippen LogP contribution in [0.4, 0.5) is 0 Å². The molecule has 0 bridgehead atoms. The molecule has 1 aliphatic heterocycles. The van der Waals surface area contributed by atoms with E-state index >= 15 is 0 Å². The van der Waals surface area contributed by atoms with Gasteiger partial charge in [0.15, 0.2) is 0 Å². The molecule has 4 rings (SSSR count). The molecule has 0 saturated heterocycles. The minimum Gasteiger partial charge on any atom is -0.489 e. The Morgan fingerprint density at radius 2 is 1.66 bits per heavy atom. The van der Waals surface area contributed by atoms with E-state index in [0.29, 0.717) is 22.3 Å². The highest BCUT2D eigenvalue weighted by molar-refractivity contribution is 8.04. The van der Waals surface area contributed by atoms with E-state index in [1.165, 1.54) is 14.2 Å². The molecule has 0 unspecified atom stereocenters. The zero-order chi connectivity index (χ0) is 22.7. The highest BCUT2D eigenvalue weighted by Gasteiger charge is 2.39. The molecule has 1 aliphatic rings. The van der Waals surface area contributed by atoms with Crippen molar-refractivity contribution in [1.29, 1.82) is 0 Å². The Morgan fingerprint density at radius 3 is 2.31 bits per heavy atom. The van der Waals surface area contributed by atoms with Crippen LogP contribution in [0.25, 0.3) is 0 Å². The second kappa shape index (κ2) is 9.46. The molecule has 2 heterocycles. The van der Waals surface area contributed by atoms with Crippen LogP contribution in [-0.2, 0) is 25.7 Å². The lowest BCUT2D eigenvalue weighted by molar-refractivity contribution is -0.139.